The summed E-state index contributed by atoms with van der Waals surface area (Å²) in [5, 5.41) is 13.1. The quantitative estimate of drug-likeness (QED) is 0.618. The predicted octanol–water partition coefficient (Wildman–Crippen LogP) is 2.96. The third-order valence-corrected chi connectivity index (χ3v) is 3.91. The molecule has 2 aromatic heterocycles. The maximum absolute atomic E-state index is 12.3. The number of rotatable bonds is 7. The highest BCUT2D eigenvalue weighted by molar-refractivity contribution is 6.03. The molecule has 1 amide bonds. The highest BCUT2D eigenvalue weighted by Gasteiger charge is 2.09. The number of carbonyl (C=O) groups is 1. The summed E-state index contributed by atoms with van der Waals surface area (Å²) in [6.07, 6.45) is 5.62. The number of amides is 1. The molecule has 0 radical (unpaired) electrons. The summed E-state index contributed by atoms with van der Waals surface area (Å²) in [4.78, 5) is 16.5. The van der Waals surface area contributed by atoms with Gasteiger partial charge in [0.05, 0.1) is 6.54 Å². The summed E-state index contributed by atoms with van der Waals surface area (Å²) in [7, 11) is 1.96. The maximum atomic E-state index is 12.3. The minimum Gasteiger partial charge on any atom is -0.378 e. The van der Waals surface area contributed by atoms with Gasteiger partial charge >= 0.3 is 0 Å². The van der Waals surface area contributed by atoms with Gasteiger partial charge in [0.15, 0.2) is 5.82 Å². The molecular formula is C18H22N6O. The van der Waals surface area contributed by atoms with E-state index in [1.807, 2.05) is 36.0 Å². The summed E-state index contributed by atoms with van der Waals surface area (Å²) < 4.78 is 1.96. The van der Waals surface area contributed by atoms with Crippen LogP contribution >= 0.6 is 0 Å². The average Bonchev–Trinajstić information content (AvgIpc) is 3.23. The Labute approximate surface area is 146 Å². The summed E-state index contributed by atoms with van der Waals surface area (Å²) in [6, 6.07) is 9.20. The molecule has 0 saturated heterocycles. The first-order valence-corrected chi connectivity index (χ1v) is 8.31. The Kier molecular flexibility index (Phi) is 5.13. The molecule has 0 atom stereocenters. The van der Waals surface area contributed by atoms with E-state index >= 15 is 0 Å². The minimum atomic E-state index is -0.176. The number of aromatic amines is 1. The molecule has 3 N–H and O–H groups in total. The van der Waals surface area contributed by atoms with Crippen LogP contribution in [0.2, 0.25) is 0 Å². The van der Waals surface area contributed by atoms with Crippen molar-refractivity contribution in [3.05, 3.63) is 59.8 Å². The zero-order valence-corrected chi connectivity index (χ0v) is 14.4. The van der Waals surface area contributed by atoms with Crippen molar-refractivity contribution in [3.8, 4) is 0 Å². The molecule has 0 bridgehead atoms. The first kappa shape index (κ1) is 16.8. The third kappa shape index (κ3) is 4.26. The Morgan fingerprint density at radius 3 is 2.76 bits per heavy atom. The number of carbonyl (C=O) groups excluding carboxylic acids is 1. The van der Waals surface area contributed by atoms with Gasteiger partial charge in [-0.25, -0.2) is 4.98 Å². The summed E-state index contributed by atoms with van der Waals surface area (Å²) in [6.45, 7) is 2.73. The van der Waals surface area contributed by atoms with E-state index < -0.39 is 0 Å². The molecule has 1 aromatic carbocycles. The van der Waals surface area contributed by atoms with Crippen LogP contribution in [0.1, 0.15) is 35.2 Å². The second-order valence-electron chi connectivity index (χ2n) is 5.87. The number of imidazole rings is 1. The molecule has 0 aliphatic rings. The fraction of sp³-hybridized carbons (Fsp3) is 0.278. The van der Waals surface area contributed by atoms with Gasteiger partial charge in [-0.1, -0.05) is 13.3 Å². The Morgan fingerprint density at radius 1 is 1.28 bits per heavy atom. The van der Waals surface area contributed by atoms with Gasteiger partial charge in [0.1, 0.15) is 5.82 Å². The summed E-state index contributed by atoms with van der Waals surface area (Å²) in [5.41, 5.74) is 2.54. The first-order chi connectivity index (χ1) is 12.2. The number of aromatic nitrogens is 4. The predicted molar refractivity (Wildman–Crippen MR) is 97.5 cm³/mol. The molecule has 0 saturated carbocycles. The average molecular weight is 338 g/mol. The maximum Gasteiger partial charge on any atom is 0.256 e. The molecule has 0 fully saturated rings. The highest BCUT2D eigenvalue weighted by Crippen LogP contribution is 2.13. The smallest absolute Gasteiger partial charge is 0.256 e. The van der Waals surface area contributed by atoms with Crippen LogP contribution in [0, 0.1) is 0 Å². The van der Waals surface area contributed by atoms with Crippen LogP contribution in [0.15, 0.2) is 42.7 Å². The van der Waals surface area contributed by atoms with E-state index in [0.717, 1.165) is 30.0 Å². The van der Waals surface area contributed by atoms with Gasteiger partial charge in [0, 0.05) is 42.5 Å². The van der Waals surface area contributed by atoms with E-state index in [1.54, 1.807) is 18.3 Å². The second-order valence-corrected chi connectivity index (χ2v) is 5.87. The summed E-state index contributed by atoms with van der Waals surface area (Å²) in [5.74, 6) is 1.32. The minimum absolute atomic E-state index is 0.176. The molecule has 7 heteroatoms. The SMILES string of the molecule is CCCc1cc(NC(=O)c2ccc(NCc3nccn3C)cc2)n[nH]1. The van der Waals surface area contributed by atoms with Gasteiger partial charge in [0.25, 0.3) is 5.91 Å². The van der Waals surface area contributed by atoms with Gasteiger partial charge in [-0.05, 0) is 30.7 Å². The van der Waals surface area contributed by atoms with Crippen LogP contribution in [0.5, 0.6) is 0 Å². The number of nitrogens with zero attached hydrogens (tertiary/aromatic N) is 3. The molecule has 0 unspecified atom stereocenters. The van der Waals surface area contributed by atoms with Gasteiger partial charge in [-0.15, -0.1) is 0 Å². The highest BCUT2D eigenvalue weighted by atomic mass is 16.1. The number of benzene rings is 1. The van der Waals surface area contributed by atoms with E-state index in [2.05, 4.69) is 32.7 Å². The van der Waals surface area contributed by atoms with Crippen molar-refractivity contribution in [1.82, 2.24) is 19.7 Å². The Bertz CT molecular complexity index is 833. The van der Waals surface area contributed by atoms with Gasteiger partial charge in [-0.3, -0.25) is 9.89 Å². The molecule has 7 nitrogen and oxygen atoms in total. The molecule has 130 valence electrons. The van der Waals surface area contributed by atoms with E-state index in [-0.39, 0.29) is 5.91 Å². The van der Waals surface area contributed by atoms with Gasteiger partial charge in [0.2, 0.25) is 0 Å². The molecular weight excluding hydrogens is 316 g/mol. The fourth-order valence-electron chi connectivity index (χ4n) is 2.50. The normalized spacial score (nSPS) is 10.6. The third-order valence-electron chi connectivity index (χ3n) is 3.91. The van der Waals surface area contributed by atoms with Crippen molar-refractivity contribution >= 4 is 17.4 Å². The number of hydrogen-bond donors (Lipinski definition) is 3. The fourth-order valence-corrected chi connectivity index (χ4v) is 2.50. The van der Waals surface area contributed by atoms with Crippen LogP contribution in [0.3, 0.4) is 0 Å². The van der Waals surface area contributed by atoms with Crippen molar-refractivity contribution in [2.45, 2.75) is 26.3 Å². The molecule has 3 rings (SSSR count). The second kappa shape index (κ2) is 7.65. The topological polar surface area (TPSA) is 87.6 Å². The summed E-state index contributed by atoms with van der Waals surface area (Å²) >= 11 is 0. The molecule has 0 aliphatic carbocycles. The number of H-pyrrole nitrogens is 1. The molecule has 2 heterocycles. The monoisotopic (exact) mass is 338 g/mol. The van der Waals surface area contributed by atoms with E-state index in [9.17, 15) is 4.79 Å². The Hall–Kier alpha value is -3.09. The first-order valence-electron chi connectivity index (χ1n) is 8.31. The van der Waals surface area contributed by atoms with Gasteiger partial charge < -0.3 is 15.2 Å². The van der Waals surface area contributed by atoms with Crippen molar-refractivity contribution in [2.75, 3.05) is 10.6 Å². The lowest BCUT2D eigenvalue weighted by molar-refractivity contribution is 0.102. The lowest BCUT2D eigenvalue weighted by Gasteiger charge is -2.07. The lowest BCUT2D eigenvalue weighted by Crippen LogP contribution is -2.12. The molecule has 0 aliphatic heterocycles. The van der Waals surface area contributed by atoms with E-state index in [0.29, 0.717) is 17.9 Å². The van der Waals surface area contributed by atoms with E-state index in [1.165, 1.54) is 0 Å². The zero-order chi connectivity index (χ0) is 17.6. The number of nitrogens with one attached hydrogen (secondary N) is 3. The molecule has 0 spiro atoms. The van der Waals surface area contributed by atoms with Crippen LogP contribution in [0.25, 0.3) is 0 Å². The Morgan fingerprint density at radius 2 is 2.08 bits per heavy atom. The van der Waals surface area contributed by atoms with Crippen molar-refractivity contribution < 1.29 is 4.79 Å². The Balaban J connectivity index is 1.57. The number of aryl methyl sites for hydroxylation is 2. The van der Waals surface area contributed by atoms with Crippen LogP contribution in [-0.2, 0) is 20.0 Å². The van der Waals surface area contributed by atoms with Gasteiger partial charge in [-0.2, -0.15) is 5.10 Å². The standard InChI is InChI=1S/C18H22N6O/c1-3-4-15-11-16(23-22-15)21-18(25)13-5-7-14(8-6-13)20-12-17-19-9-10-24(17)2/h5-11,20H,3-4,12H2,1-2H3,(H2,21,22,23,25). The largest absolute Gasteiger partial charge is 0.378 e. The molecule has 3 aromatic rings. The van der Waals surface area contributed by atoms with Crippen molar-refractivity contribution in [1.29, 1.82) is 0 Å². The van der Waals surface area contributed by atoms with E-state index in [4.69, 9.17) is 0 Å². The van der Waals surface area contributed by atoms with Crippen LogP contribution < -0.4 is 10.6 Å². The van der Waals surface area contributed by atoms with Crippen LogP contribution in [0.4, 0.5) is 11.5 Å². The zero-order valence-electron chi connectivity index (χ0n) is 14.4. The lowest BCUT2D eigenvalue weighted by atomic mass is 10.2. The van der Waals surface area contributed by atoms with Crippen molar-refractivity contribution in [3.63, 3.8) is 0 Å². The number of anilines is 2. The number of hydrogen-bond acceptors (Lipinski definition) is 4. The van der Waals surface area contributed by atoms with Crippen LogP contribution in [-0.4, -0.2) is 25.7 Å². The van der Waals surface area contributed by atoms with Crippen molar-refractivity contribution in [2.24, 2.45) is 7.05 Å². The molecule has 25 heavy (non-hydrogen) atoms.